The van der Waals surface area contributed by atoms with E-state index in [4.69, 9.17) is 9.72 Å². The molecule has 0 aliphatic heterocycles. The van der Waals surface area contributed by atoms with Gasteiger partial charge >= 0.3 is 0 Å². The van der Waals surface area contributed by atoms with Crippen molar-refractivity contribution in [2.75, 3.05) is 32.1 Å². The standard InChI is InChI=1S/C28H34N4O3/c1-20-8-12-22(13-9-20)25-18-32(24-14-10-21(2)11-15-24)28(29-25)30-26(33)19-31(16-17-35-3)27(34)23-6-4-5-7-23/h8-15,18,23H,4-7,16-17,19H2,1-3H3,(H,29,30,33). The number of carbonyl (C=O) groups is 2. The Bertz CT molecular complexity index is 1150. The van der Waals surface area contributed by atoms with E-state index >= 15 is 0 Å². The van der Waals surface area contributed by atoms with E-state index in [2.05, 4.69) is 5.32 Å². The van der Waals surface area contributed by atoms with Gasteiger partial charge in [-0.15, -0.1) is 0 Å². The van der Waals surface area contributed by atoms with E-state index in [9.17, 15) is 9.59 Å². The number of amides is 2. The summed E-state index contributed by atoms with van der Waals surface area (Å²) in [6.45, 7) is 4.83. The largest absolute Gasteiger partial charge is 0.383 e. The molecule has 1 saturated carbocycles. The van der Waals surface area contributed by atoms with Gasteiger partial charge in [-0.05, 0) is 38.8 Å². The lowest BCUT2D eigenvalue weighted by molar-refractivity contribution is -0.138. The molecule has 7 heteroatoms. The van der Waals surface area contributed by atoms with Gasteiger partial charge in [-0.25, -0.2) is 4.98 Å². The molecule has 1 fully saturated rings. The van der Waals surface area contributed by atoms with E-state index in [1.54, 1.807) is 12.0 Å². The van der Waals surface area contributed by atoms with Crippen molar-refractivity contribution in [2.45, 2.75) is 39.5 Å². The summed E-state index contributed by atoms with van der Waals surface area (Å²) in [5, 5.41) is 2.96. The number of hydrogen-bond acceptors (Lipinski definition) is 4. The fourth-order valence-corrected chi connectivity index (χ4v) is 4.47. The van der Waals surface area contributed by atoms with Crippen LogP contribution in [0.25, 0.3) is 16.9 Å². The monoisotopic (exact) mass is 474 g/mol. The first kappa shape index (κ1) is 24.7. The zero-order chi connectivity index (χ0) is 24.8. The summed E-state index contributed by atoms with van der Waals surface area (Å²) in [5.41, 5.74) is 4.95. The van der Waals surface area contributed by atoms with Crippen molar-refractivity contribution < 1.29 is 14.3 Å². The number of rotatable bonds is 9. The molecule has 3 aromatic rings. The number of nitrogens with one attached hydrogen (secondary N) is 1. The van der Waals surface area contributed by atoms with E-state index in [-0.39, 0.29) is 24.3 Å². The number of hydrogen-bond donors (Lipinski definition) is 1. The van der Waals surface area contributed by atoms with Crippen LogP contribution < -0.4 is 5.32 Å². The first-order valence-corrected chi connectivity index (χ1v) is 12.3. The Morgan fingerprint density at radius 2 is 1.66 bits per heavy atom. The molecule has 0 bridgehead atoms. The van der Waals surface area contributed by atoms with Crippen LogP contribution >= 0.6 is 0 Å². The molecule has 0 spiro atoms. The van der Waals surface area contributed by atoms with Crippen LogP contribution in [-0.4, -0.2) is 53.1 Å². The van der Waals surface area contributed by atoms with Gasteiger partial charge in [0.15, 0.2) is 0 Å². The zero-order valence-corrected chi connectivity index (χ0v) is 20.8. The maximum atomic E-state index is 13.1. The van der Waals surface area contributed by atoms with E-state index in [1.807, 2.05) is 73.1 Å². The van der Waals surface area contributed by atoms with Gasteiger partial charge < -0.3 is 9.64 Å². The SMILES string of the molecule is COCCN(CC(=O)Nc1nc(-c2ccc(C)cc2)cn1-c1ccc(C)cc1)C(=O)C1CCCC1. The zero-order valence-electron chi connectivity index (χ0n) is 20.8. The molecular weight excluding hydrogens is 440 g/mol. The number of carbonyl (C=O) groups excluding carboxylic acids is 2. The predicted octanol–water partition coefficient (Wildman–Crippen LogP) is 4.76. The average molecular weight is 475 g/mol. The molecule has 0 saturated heterocycles. The number of ether oxygens (including phenoxy) is 1. The van der Waals surface area contributed by atoms with Crippen molar-refractivity contribution in [1.29, 1.82) is 0 Å². The Kier molecular flexibility index (Phi) is 7.98. The molecule has 0 unspecified atom stereocenters. The molecule has 7 nitrogen and oxygen atoms in total. The molecule has 2 amide bonds. The summed E-state index contributed by atoms with van der Waals surface area (Å²) < 4.78 is 7.07. The third-order valence-corrected chi connectivity index (χ3v) is 6.53. The summed E-state index contributed by atoms with van der Waals surface area (Å²) in [5.74, 6) is 0.190. The molecule has 184 valence electrons. The van der Waals surface area contributed by atoms with Crippen molar-refractivity contribution in [1.82, 2.24) is 14.5 Å². The number of methoxy groups -OCH3 is 1. The van der Waals surface area contributed by atoms with Gasteiger partial charge in [0.2, 0.25) is 17.8 Å². The Balaban J connectivity index is 1.58. The minimum absolute atomic E-state index is 0.00217. The highest BCUT2D eigenvalue weighted by atomic mass is 16.5. The number of aromatic nitrogens is 2. The van der Waals surface area contributed by atoms with Gasteiger partial charge in [0.25, 0.3) is 0 Å². The van der Waals surface area contributed by atoms with Gasteiger partial charge in [-0.3, -0.25) is 19.5 Å². The Hall–Kier alpha value is -3.45. The maximum Gasteiger partial charge on any atom is 0.246 e. The number of imidazole rings is 1. The molecule has 1 N–H and O–H groups in total. The third-order valence-electron chi connectivity index (χ3n) is 6.53. The molecule has 0 atom stereocenters. The summed E-state index contributed by atoms with van der Waals surface area (Å²) in [6, 6.07) is 16.2. The number of nitrogens with zero attached hydrogens (tertiary/aromatic N) is 3. The summed E-state index contributed by atoms with van der Waals surface area (Å²) in [6.07, 6.45) is 5.84. The molecule has 1 aliphatic carbocycles. The van der Waals surface area contributed by atoms with Crippen LogP contribution in [0.3, 0.4) is 0 Å². The van der Waals surface area contributed by atoms with Crippen LogP contribution in [0.1, 0.15) is 36.8 Å². The van der Waals surface area contributed by atoms with E-state index in [1.165, 1.54) is 5.56 Å². The van der Waals surface area contributed by atoms with Gasteiger partial charge in [0.1, 0.15) is 6.54 Å². The van der Waals surface area contributed by atoms with Crippen molar-refractivity contribution in [3.63, 3.8) is 0 Å². The van der Waals surface area contributed by atoms with Crippen LogP contribution in [0, 0.1) is 19.8 Å². The average Bonchev–Trinajstić information content (AvgIpc) is 3.53. The molecule has 1 aromatic heterocycles. The fraction of sp³-hybridized carbons (Fsp3) is 0.393. The highest BCUT2D eigenvalue weighted by Crippen LogP contribution is 2.27. The van der Waals surface area contributed by atoms with Crippen LogP contribution in [0.5, 0.6) is 0 Å². The smallest absolute Gasteiger partial charge is 0.246 e. The van der Waals surface area contributed by atoms with Crippen molar-refractivity contribution in [2.24, 2.45) is 5.92 Å². The van der Waals surface area contributed by atoms with E-state index in [0.29, 0.717) is 19.1 Å². The normalized spacial score (nSPS) is 13.7. The highest BCUT2D eigenvalue weighted by molar-refractivity contribution is 5.94. The van der Waals surface area contributed by atoms with Crippen LogP contribution in [0.2, 0.25) is 0 Å². The Morgan fingerprint density at radius 3 is 2.29 bits per heavy atom. The van der Waals surface area contributed by atoms with Gasteiger partial charge in [0, 0.05) is 37.0 Å². The molecule has 4 rings (SSSR count). The minimum atomic E-state index is -0.276. The first-order valence-electron chi connectivity index (χ1n) is 12.3. The topological polar surface area (TPSA) is 76.5 Å². The molecule has 2 aromatic carbocycles. The van der Waals surface area contributed by atoms with Gasteiger partial charge in [0.05, 0.1) is 12.3 Å². The number of benzene rings is 2. The minimum Gasteiger partial charge on any atom is -0.383 e. The van der Waals surface area contributed by atoms with Gasteiger partial charge in [-0.2, -0.15) is 0 Å². The molecule has 35 heavy (non-hydrogen) atoms. The number of aryl methyl sites for hydroxylation is 2. The van der Waals surface area contributed by atoms with Gasteiger partial charge in [-0.1, -0.05) is 60.4 Å². The first-order chi connectivity index (χ1) is 16.9. The highest BCUT2D eigenvalue weighted by Gasteiger charge is 2.28. The van der Waals surface area contributed by atoms with Crippen molar-refractivity contribution in [3.05, 3.63) is 65.9 Å². The molecule has 0 radical (unpaired) electrons. The maximum absolute atomic E-state index is 13.1. The predicted molar refractivity (Wildman–Crippen MR) is 138 cm³/mol. The molecular formula is C28H34N4O3. The second kappa shape index (κ2) is 11.3. The lowest BCUT2D eigenvalue weighted by Crippen LogP contribution is -2.42. The van der Waals surface area contributed by atoms with Crippen LogP contribution in [0.15, 0.2) is 54.7 Å². The summed E-state index contributed by atoms with van der Waals surface area (Å²) in [7, 11) is 1.60. The molecule has 1 aliphatic rings. The fourth-order valence-electron chi connectivity index (χ4n) is 4.47. The summed E-state index contributed by atoms with van der Waals surface area (Å²) >= 11 is 0. The third kappa shape index (κ3) is 6.17. The van der Waals surface area contributed by atoms with Crippen LogP contribution in [-0.2, 0) is 14.3 Å². The molecule has 1 heterocycles. The van der Waals surface area contributed by atoms with Crippen molar-refractivity contribution >= 4 is 17.8 Å². The lowest BCUT2D eigenvalue weighted by atomic mass is 10.1. The van der Waals surface area contributed by atoms with E-state index < -0.39 is 0 Å². The van der Waals surface area contributed by atoms with E-state index in [0.717, 1.165) is 48.2 Å². The Labute approximate surface area is 207 Å². The van der Waals surface area contributed by atoms with Crippen molar-refractivity contribution in [3.8, 4) is 16.9 Å². The second-order valence-electron chi connectivity index (χ2n) is 9.30. The number of anilines is 1. The summed E-state index contributed by atoms with van der Waals surface area (Å²) in [4.78, 5) is 32.5. The quantitative estimate of drug-likeness (QED) is 0.485. The van der Waals surface area contributed by atoms with Crippen LogP contribution in [0.4, 0.5) is 5.95 Å². The second-order valence-corrected chi connectivity index (χ2v) is 9.30. The lowest BCUT2D eigenvalue weighted by Gasteiger charge is -2.24. The Morgan fingerprint density at radius 1 is 1.03 bits per heavy atom.